The van der Waals surface area contributed by atoms with Crippen LogP contribution in [0.15, 0.2) is 65.8 Å². The Bertz CT molecular complexity index is 1170. The molecular weight excluding hydrogens is 485 g/mol. The summed E-state index contributed by atoms with van der Waals surface area (Å²) in [5.41, 5.74) is 3.47. The molecule has 0 fully saturated rings. The first-order valence-electron chi connectivity index (χ1n) is 10.7. The van der Waals surface area contributed by atoms with E-state index in [0.717, 1.165) is 28.6 Å². The van der Waals surface area contributed by atoms with Crippen LogP contribution in [0.25, 0.3) is 17.3 Å². The molecule has 33 heavy (non-hydrogen) atoms. The summed E-state index contributed by atoms with van der Waals surface area (Å²) in [6.45, 7) is 7.79. The van der Waals surface area contributed by atoms with Gasteiger partial charge in [-0.05, 0) is 77.3 Å². The predicted octanol–water partition coefficient (Wildman–Crippen LogP) is 6.49. The third kappa shape index (κ3) is 5.42. The summed E-state index contributed by atoms with van der Waals surface area (Å²) in [4.78, 5) is 13.4. The average Bonchev–Trinajstić information content (AvgIpc) is 3.23. The molecule has 172 valence electrons. The lowest BCUT2D eigenvalue weighted by molar-refractivity contribution is -0.116. The first-order chi connectivity index (χ1) is 15.9. The molecule has 1 heterocycles. The van der Waals surface area contributed by atoms with Gasteiger partial charge in [0, 0.05) is 11.1 Å². The summed E-state index contributed by atoms with van der Waals surface area (Å²) in [7, 11) is 1.62. The van der Waals surface area contributed by atoms with Gasteiger partial charge in [-0.1, -0.05) is 32.1 Å². The van der Waals surface area contributed by atoms with E-state index in [2.05, 4.69) is 39.8 Å². The summed E-state index contributed by atoms with van der Waals surface area (Å²) in [5.74, 6) is 0.204. The number of carbonyl (C=O) groups excluding carboxylic acids is 1. The minimum absolute atomic E-state index is 0.168. The van der Waals surface area contributed by atoms with Crippen molar-refractivity contribution in [1.82, 2.24) is 15.1 Å². The molecule has 0 aliphatic carbocycles. The largest absolute Gasteiger partial charge is 0.496 e. The highest BCUT2D eigenvalue weighted by Gasteiger charge is 2.22. The van der Waals surface area contributed by atoms with Crippen LogP contribution in [0, 0.1) is 5.82 Å². The fourth-order valence-electron chi connectivity index (χ4n) is 3.71. The second-order valence-corrected chi connectivity index (χ2v) is 8.30. The van der Waals surface area contributed by atoms with Crippen LogP contribution in [0.3, 0.4) is 0 Å². The zero-order chi connectivity index (χ0) is 24.0. The molecule has 1 atom stereocenters. The predicted molar refractivity (Wildman–Crippen MR) is 134 cm³/mol. The Balaban J connectivity index is 1.91. The van der Waals surface area contributed by atoms with E-state index in [1.807, 2.05) is 25.1 Å². The zero-order valence-corrected chi connectivity index (χ0v) is 20.5. The molecule has 3 aromatic rings. The van der Waals surface area contributed by atoms with Gasteiger partial charge in [-0.3, -0.25) is 4.79 Å². The second kappa shape index (κ2) is 11.1. The van der Waals surface area contributed by atoms with Gasteiger partial charge < -0.3 is 10.1 Å². The first-order valence-corrected chi connectivity index (χ1v) is 11.5. The lowest BCUT2D eigenvalue weighted by Crippen LogP contribution is -2.29. The maximum Gasteiger partial charge on any atom is 0.252 e. The molecule has 1 amide bonds. The minimum Gasteiger partial charge on any atom is -0.496 e. The number of hydrogen-bond acceptors (Lipinski definition) is 3. The molecular formula is C26H27BrFN3O2. The van der Waals surface area contributed by atoms with Crippen LogP contribution in [0.4, 0.5) is 4.39 Å². The van der Waals surface area contributed by atoms with Gasteiger partial charge in [-0.25, -0.2) is 9.07 Å². The van der Waals surface area contributed by atoms with Crippen molar-refractivity contribution in [3.63, 3.8) is 0 Å². The summed E-state index contributed by atoms with van der Waals surface area (Å²) in [6.07, 6.45) is 6.73. The van der Waals surface area contributed by atoms with E-state index >= 15 is 0 Å². The summed E-state index contributed by atoms with van der Waals surface area (Å²) >= 11 is 3.53. The molecule has 0 spiro atoms. The lowest BCUT2D eigenvalue weighted by atomic mass is 10.00. The number of methoxy groups -OCH3 is 1. The Morgan fingerprint density at radius 3 is 2.61 bits per heavy atom. The van der Waals surface area contributed by atoms with E-state index in [1.165, 1.54) is 12.1 Å². The highest BCUT2D eigenvalue weighted by molar-refractivity contribution is 9.10. The maximum atomic E-state index is 13.4. The van der Waals surface area contributed by atoms with Crippen LogP contribution in [0.1, 0.15) is 49.6 Å². The molecule has 1 unspecified atom stereocenters. The number of aromatic nitrogens is 2. The topological polar surface area (TPSA) is 56.1 Å². The SMILES string of the molecule is C=Cc1c(/C(=C\C)C(=O)NC(CCC)c2ccc(OC)c(Br)c2)cnn1-c1ccc(F)cc1. The van der Waals surface area contributed by atoms with Gasteiger partial charge in [0.2, 0.25) is 0 Å². The molecule has 0 aliphatic heterocycles. The van der Waals surface area contributed by atoms with Crippen molar-refractivity contribution in [1.29, 1.82) is 0 Å². The van der Waals surface area contributed by atoms with E-state index < -0.39 is 0 Å². The van der Waals surface area contributed by atoms with Gasteiger partial charge >= 0.3 is 0 Å². The standard InChI is InChI=1S/C26H27BrFN3O2/c1-5-8-23(17-9-14-25(33-4)22(27)15-17)30-26(32)20(6-2)21-16-29-31(24(21)7-3)19-12-10-18(28)11-13-19/h6-7,9-16,23H,3,5,8H2,1-2,4H3,(H,30,32)/b20-6+. The Hall–Kier alpha value is -3.19. The van der Waals surface area contributed by atoms with Gasteiger partial charge in [-0.15, -0.1) is 0 Å². The molecule has 1 N–H and O–H groups in total. The third-order valence-electron chi connectivity index (χ3n) is 5.36. The van der Waals surface area contributed by atoms with Crippen molar-refractivity contribution in [2.75, 3.05) is 7.11 Å². The molecule has 0 saturated carbocycles. The Kier molecular flexibility index (Phi) is 8.22. The summed E-state index contributed by atoms with van der Waals surface area (Å²) in [5, 5.41) is 7.59. The molecule has 7 heteroatoms. The number of halogens is 2. The number of hydrogen-bond donors (Lipinski definition) is 1. The number of ether oxygens (including phenoxy) is 1. The van der Waals surface area contributed by atoms with Crippen LogP contribution in [-0.4, -0.2) is 22.8 Å². The average molecular weight is 512 g/mol. The number of nitrogens with zero attached hydrogens (tertiary/aromatic N) is 2. The van der Waals surface area contributed by atoms with Gasteiger partial charge in [0.1, 0.15) is 11.6 Å². The third-order valence-corrected chi connectivity index (χ3v) is 5.98. The fourth-order valence-corrected chi connectivity index (χ4v) is 4.26. The van der Waals surface area contributed by atoms with Crippen LogP contribution in [-0.2, 0) is 4.79 Å². The number of rotatable bonds is 9. The first kappa shape index (κ1) is 24.5. The Labute approximate surface area is 202 Å². The fraction of sp³-hybridized carbons (Fsp3) is 0.231. The second-order valence-electron chi connectivity index (χ2n) is 7.45. The van der Waals surface area contributed by atoms with Gasteiger partial charge in [0.15, 0.2) is 0 Å². The van der Waals surface area contributed by atoms with Crippen molar-refractivity contribution >= 4 is 33.5 Å². The smallest absolute Gasteiger partial charge is 0.252 e. The van der Waals surface area contributed by atoms with Crippen molar-refractivity contribution in [3.05, 3.63) is 88.4 Å². The highest BCUT2D eigenvalue weighted by atomic mass is 79.9. The lowest BCUT2D eigenvalue weighted by Gasteiger charge is -2.20. The highest BCUT2D eigenvalue weighted by Crippen LogP contribution is 2.31. The van der Waals surface area contributed by atoms with E-state index in [1.54, 1.807) is 42.3 Å². The monoisotopic (exact) mass is 511 g/mol. The molecule has 0 radical (unpaired) electrons. The quantitative estimate of drug-likeness (QED) is 0.334. The maximum absolute atomic E-state index is 13.4. The zero-order valence-electron chi connectivity index (χ0n) is 18.9. The molecule has 2 aromatic carbocycles. The molecule has 0 bridgehead atoms. The van der Waals surface area contributed by atoms with Crippen molar-refractivity contribution < 1.29 is 13.9 Å². The van der Waals surface area contributed by atoms with Gasteiger partial charge in [0.25, 0.3) is 5.91 Å². The van der Waals surface area contributed by atoms with E-state index in [0.29, 0.717) is 22.5 Å². The number of amides is 1. The number of nitrogens with one attached hydrogen (secondary N) is 1. The number of allylic oxidation sites excluding steroid dienone is 1. The molecule has 5 nitrogen and oxygen atoms in total. The number of carbonyl (C=O) groups is 1. The van der Waals surface area contributed by atoms with Crippen LogP contribution >= 0.6 is 15.9 Å². The van der Waals surface area contributed by atoms with Crippen LogP contribution in [0.5, 0.6) is 5.75 Å². The molecule has 3 rings (SSSR count). The number of benzene rings is 2. The summed E-state index contributed by atoms with van der Waals surface area (Å²) < 4.78 is 21.1. The van der Waals surface area contributed by atoms with E-state index in [-0.39, 0.29) is 17.8 Å². The Morgan fingerprint density at radius 2 is 2.03 bits per heavy atom. The van der Waals surface area contributed by atoms with E-state index in [9.17, 15) is 9.18 Å². The molecule has 1 aromatic heterocycles. The van der Waals surface area contributed by atoms with Crippen molar-refractivity contribution in [2.24, 2.45) is 0 Å². The van der Waals surface area contributed by atoms with Crippen LogP contribution < -0.4 is 10.1 Å². The Morgan fingerprint density at radius 1 is 1.30 bits per heavy atom. The normalized spacial score (nSPS) is 12.3. The van der Waals surface area contributed by atoms with Gasteiger partial charge in [-0.2, -0.15) is 5.10 Å². The minimum atomic E-state index is -0.327. The van der Waals surface area contributed by atoms with Crippen LogP contribution in [0.2, 0.25) is 0 Å². The van der Waals surface area contributed by atoms with E-state index in [4.69, 9.17) is 4.74 Å². The van der Waals surface area contributed by atoms with Crippen molar-refractivity contribution in [2.45, 2.75) is 32.7 Å². The van der Waals surface area contributed by atoms with Gasteiger partial charge in [0.05, 0.1) is 35.2 Å². The summed E-state index contributed by atoms with van der Waals surface area (Å²) in [6, 6.07) is 11.6. The molecule has 0 saturated heterocycles. The molecule has 0 aliphatic rings. The van der Waals surface area contributed by atoms with Crippen molar-refractivity contribution in [3.8, 4) is 11.4 Å².